The number of carbonyl (C=O) groups is 3. The number of likely N-dealkylation sites (tertiary alicyclic amines) is 1. The fourth-order valence-electron chi connectivity index (χ4n) is 3.95. The number of hydrogen-bond donors (Lipinski definition) is 0. The molecule has 0 radical (unpaired) electrons. The minimum absolute atomic E-state index is 0.0227. The molecule has 170 valence electrons. The summed E-state index contributed by atoms with van der Waals surface area (Å²) in [6.45, 7) is 11.4. The van der Waals surface area contributed by atoms with Gasteiger partial charge in [-0.05, 0) is 39.8 Å². The van der Waals surface area contributed by atoms with Gasteiger partial charge in [-0.3, -0.25) is 19.7 Å². The molecule has 0 bridgehead atoms. The molecule has 3 rings (SSSR count). The van der Waals surface area contributed by atoms with Gasteiger partial charge in [0, 0.05) is 48.6 Å². The third kappa shape index (κ3) is 4.71. The Hall–Kier alpha value is -3.49. The van der Waals surface area contributed by atoms with Crippen LogP contribution in [0.15, 0.2) is 30.9 Å². The van der Waals surface area contributed by atoms with Gasteiger partial charge in [-0.1, -0.05) is 6.58 Å². The monoisotopic (exact) mass is 441 g/mol. The molecule has 0 spiro atoms. The Morgan fingerprint density at radius 3 is 2.50 bits per heavy atom. The average Bonchev–Trinajstić information content (AvgIpc) is 2.93. The number of nitro groups is 1. The summed E-state index contributed by atoms with van der Waals surface area (Å²) in [5.74, 6) is -0.705. The number of esters is 1. The van der Waals surface area contributed by atoms with Crippen molar-refractivity contribution in [2.24, 2.45) is 5.92 Å². The number of rotatable bonds is 7. The molecule has 0 atom stereocenters. The van der Waals surface area contributed by atoms with Crippen LogP contribution in [-0.4, -0.2) is 50.7 Å². The Balaban J connectivity index is 1.89. The van der Waals surface area contributed by atoms with Gasteiger partial charge in [0.2, 0.25) is 5.91 Å². The average molecular weight is 441 g/mol. The topological polar surface area (TPSA) is 112 Å². The molecule has 2 heterocycles. The highest BCUT2D eigenvalue weighted by atomic mass is 16.6. The molecule has 32 heavy (non-hydrogen) atoms. The number of ether oxygens (including phenoxy) is 1. The number of nitro benzene ring substituents is 1. The summed E-state index contributed by atoms with van der Waals surface area (Å²) in [5.41, 5.74) is 0.401. The third-order valence-corrected chi connectivity index (χ3v) is 5.42. The van der Waals surface area contributed by atoms with Gasteiger partial charge in [-0.2, -0.15) is 0 Å². The van der Waals surface area contributed by atoms with Crippen molar-refractivity contribution in [3.63, 3.8) is 0 Å². The Bertz CT molecular complexity index is 1120. The van der Waals surface area contributed by atoms with Crippen molar-refractivity contribution in [1.29, 1.82) is 0 Å². The molecule has 1 aromatic carbocycles. The molecule has 1 aliphatic rings. The van der Waals surface area contributed by atoms with E-state index in [0.29, 0.717) is 36.1 Å². The molecule has 1 aromatic heterocycles. The second-order valence-corrected chi connectivity index (χ2v) is 9.06. The zero-order valence-electron chi connectivity index (χ0n) is 18.7. The van der Waals surface area contributed by atoms with Crippen LogP contribution in [0.5, 0.6) is 0 Å². The quantitative estimate of drug-likeness (QED) is 0.282. The number of benzene rings is 1. The van der Waals surface area contributed by atoms with E-state index in [1.165, 1.54) is 18.2 Å². The molecule has 0 N–H and O–H groups in total. The van der Waals surface area contributed by atoms with E-state index < -0.39 is 16.5 Å². The van der Waals surface area contributed by atoms with Crippen molar-refractivity contribution in [3.8, 4) is 0 Å². The molecule has 1 amide bonds. The molecule has 2 aromatic rings. The summed E-state index contributed by atoms with van der Waals surface area (Å²) in [5, 5.41) is 11.7. The van der Waals surface area contributed by atoms with E-state index >= 15 is 0 Å². The van der Waals surface area contributed by atoms with Crippen LogP contribution in [-0.2, 0) is 20.9 Å². The van der Waals surface area contributed by atoms with Crippen LogP contribution >= 0.6 is 0 Å². The number of hydrogen-bond acceptors (Lipinski definition) is 6. The summed E-state index contributed by atoms with van der Waals surface area (Å²) in [4.78, 5) is 49.6. The van der Waals surface area contributed by atoms with Crippen LogP contribution in [0, 0.1) is 23.0 Å². The van der Waals surface area contributed by atoms with E-state index in [4.69, 9.17) is 4.74 Å². The number of aromatic nitrogens is 1. The van der Waals surface area contributed by atoms with Crippen LogP contribution in [0.2, 0.25) is 0 Å². The molecule has 1 saturated heterocycles. The number of ketones is 1. The van der Waals surface area contributed by atoms with E-state index in [1.54, 1.807) is 43.2 Å². The Morgan fingerprint density at radius 1 is 1.28 bits per heavy atom. The lowest BCUT2D eigenvalue weighted by Crippen LogP contribution is -2.50. The summed E-state index contributed by atoms with van der Waals surface area (Å²) in [7, 11) is 0. The maximum atomic E-state index is 12.9. The highest BCUT2D eigenvalue weighted by molar-refractivity contribution is 6.07. The first-order valence-electron chi connectivity index (χ1n) is 10.3. The predicted octanol–water partition coefficient (Wildman–Crippen LogP) is 3.42. The van der Waals surface area contributed by atoms with Gasteiger partial charge in [0.25, 0.3) is 5.69 Å². The van der Waals surface area contributed by atoms with Crippen molar-refractivity contribution in [1.82, 2.24) is 9.47 Å². The van der Waals surface area contributed by atoms with Gasteiger partial charge in [0.05, 0.1) is 22.5 Å². The molecule has 0 saturated carbocycles. The first-order chi connectivity index (χ1) is 14.9. The molecule has 1 fully saturated rings. The Labute approximate surface area is 185 Å². The number of amides is 1. The number of carbonyl (C=O) groups excluding carboxylic acids is 3. The number of Topliss-reactive ketones (excluding diaryl/α,β-unsaturated/α-hetero) is 1. The van der Waals surface area contributed by atoms with E-state index in [9.17, 15) is 24.5 Å². The number of non-ortho nitro benzene ring substituents is 1. The lowest BCUT2D eigenvalue weighted by atomic mass is 9.94. The summed E-state index contributed by atoms with van der Waals surface area (Å²) >= 11 is 0. The fraction of sp³-hybridized carbons (Fsp3) is 0.435. The summed E-state index contributed by atoms with van der Waals surface area (Å²) in [6, 6.07) is 4.25. The fourth-order valence-corrected chi connectivity index (χ4v) is 3.95. The van der Waals surface area contributed by atoms with Crippen molar-refractivity contribution in [2.45, 2.75) is 46.3 Å². The lowest BCUT2D eigenvalue weighted by molar-refractivity contribution is -0.384. The van der Waals surface area contributed by atoms with E-state index in [2.05, 4.69) is 6.58 Å². The van der Waals surface area contributed by atoms with Gasteiger partial charge in [-0.15, -0.1) is 0 Å². The van der Waals surface area contributed by atoms with Crippen LogP contribution in [0.25, 0.3) is 10.9 Å². The highest BCUT2D eigenvalue weighted by Crippen LogP contribution is 2.31. The van der Waals surface area contributed by atoms with Crippen molar-refractivity contribution >= 4 is 34.3 Å². The molecule has 9 nitrogen and oxygen atoms in total. The van der Waals surface area contributed by atoms with Crippen LogP contribution in [0.1, 0.15) is 43.2 Å². The third-order valence-electron chi connectivity index (χ3n) is 5.42. The first-order valence-corrected chi connectivity index (χ1v) is 10.3. The number of nitrogens with zero attached hydrogens (tertiary/aromatic N) is 3. The van der Waals surface area contributed by atoms with Crippen molar-refractivity contribution in [2.75, 3.05) is 13.1 Å². The predicted molar refractivity (Wildman–Crippen MR) is 118 cm³/mol. The molecule has 9 heteroatoms. The Kier molecular flexibility index (Phi) is 6.20. The molecule has 0 aliphatic carbocycles. The maximum Gasteiger partial charge on any atom is 0.341 e. The molecular weight excluding hydrogens is 414 g/mol. The minimum atomic E-state index is -0.743. The largest absolute Gasteiger partial charge is 0.456 e. The zero-order valence-corrected chi connectivity index (χ0v) is 18.7. The van der Waals surface area contributed by atoms with Gasteiger partial charge in [-0.25, -0.2) is 4.79 Å². The van der Waals surface area contributed by atoms with E-state index in [-0.39, 0.29) is 35.4 Å². The van der Waals surface area contributed by atoms with Crippen LogP contribution < -0.4 is 0 Å². The molecule has 0 unspecified atom stereocenters. The normalized spacial score (nSPS) is 14.2. The van der Waals surface area contributed by atoms with Crippen molar-refractivity contribution < 1.29 is 24.0 Å². The summed E-state index contributed by atoms with van der Waals surface area (Å²) in [6.07, 6.45) is 1.56. The van der Waals surface area contributed by atoms with Gasteiger partial charge in [0.15, 0.2) is 5.78 Å². The second kappa shape index (κ2) is 8.57. The van der Waals surface area contributed by atoms with Crippen LogP contribution in [0.3, 0.4) is 0 Å². The number of fused-ring (bicyclic) bond motifs is 1. The van der Waals surface area contributed by atoms with Gasteiger partial charge < -0.3 is 14.2 Å². The van der Waals surface area contributed by atoms with E-state index in [0.717, 1.165) is 0 Å². The lowest BCUT2D eigenvalue weighted by Gasteiger charge is -2.38. The first kappa shape index (κ1) is 23.2. The standard InChI is InChI=1S/C23H27N3O6/c1-6-20(28)24-11-15(12-24)9-17(27)13-25-14(2)21(22(29)32-23(3,4)5)18-10-16(26(30)31)7-8-19(18)25/h6-8,10,15H,1,9,11-13H2,2-5H3. The SMILES string of the molecule is C=CC(=O)N1CC(CC(=O)Cn2c(C)c(C(=O)OC(C)(C)C)c3cc([N+](=O)[O-])ccc32)C1. The highest BCUT2D eigenvalue weighted by Gasteiger charge is 2.32. The van der Waals surface area contributed by atoms with Gasteiger partial charge in [0.1, 0.15) is 5.60 Å². The minimum Gasteiger partial charge on any atom is -0.456 e. The Morgan fingerprint density at radius 2 is 1.94 bits per heavy atom. The smallest absolute Gasteiger partial charge is 0.341 e. The second-order valence-electron chi connectivity index (χ2n) is 9.06. The van der Waals surface area contributed by atoms with Crippen LogP contribution in [0.4, 0.5) is 5.69 Å². The van der Waals surface area contributed by atoms with E-state index in [1.807, 2.05) is 0 Å². The maximum absolute atomic E-state index is 12.9. The molecule has 1 aliphatic heterocycles. The van der Waals surface area contributed by atoms with Crippen molar-refractivity contribution in [3.05, 3.63) is 52.2 Å². The van der Waals surface area contributed by atoms with Gasteiger partial charge >= 0.3 is 5.97 Å². The summed E-state index contributed by atoms with van der Waals surface area (Å²) < 4.78 is 7.22. The zero-order chi connectivity index (χ0) is 23.8. The molecular formula is C23H27N3O6.